The van der Waals surface area contributed by atoms with Crippen LogP contribution in [0.4, 0.5) is 6.01 Å². The van der Waals surface area contributed by atoms with Gasteiger partial charge in [-0.05, 0) is 44.4 Å². The summed E-state index contributed by atoms with van der Waals surface area (Å²) in [5.41, 5.74) is 7.69. The topological polar surface area (TPSA) is 61.3 Å². The van der Waals surface area contributed by atoms with Crippen LogP contribution in [0, 0.1) is 6.92 Å². The Morgan fingerprint density at radius 3 is 2.50 bits per heavy atom. The Labute approximate surface area is 107 Å². The van der Waals surface area contributed by atoms with Crippen LogP contribution in [0.25, 0.3) is 0 Å². The molecule has 0 saturated carbocycles. The van der Waals surface area contributed by atoms with Crippen molar-refractivity contribution in [1.82, 2.24) is 4.98 Å². The zero-order valence-electron chi connectivity index (χ0n) is 10.8. The predicted molar refractivity (Wildman–Crippen MR) is 70.7 cm³/mol. The van der Waals surface area contributed by atoms with Gasteiger partial charge >= 0.3 is 0 Å². The van der Waals surface area contributed by atoms with Crippen LogP contribution in [0.3, 0.4) is 0 Å². The lowest BCUT2D eigenvalue weighted by atomic mass is 10.1. The number of oxazole rings is 1. The molecule has 96 valence electrons. The van der Waals surface area contributed by atoms with E-state index < -0.39 is 0 Å². The van der Waals surface area contributed by atoms with Crippen LogP contribution in [-0.4, -0.2) is 11.6 Å². The van der Waals surface area contributed by atoms with Crippen molar-refractivity contribution in [2.75, 3.05) is 12.3 Å². The minimum absolute atomic E-state index is 0.245. The second-order valence-corrected chi connectivity index (χ2v) is 4.13. The van der Waals surface area contributed by atoms with Gasteiger partial charge in [0, 0.05) is 0 Å². The molecule has 2 rings (SSSR count). The number of benzene rings is 1. The van der Waals surface area contributed by atoms with Gasteiger partial charge in [-0.2, -0.15) is 4.98 Å². The molecule has 0 aliphatic rings. The summed E-state index contributed by atoms with van der Waals surface area (Å²) >= 11 is 0. The van der Waals surface area contributed by atoms with Crippen molar-refractivity contribution in [2.45, 2.75) is 26.7 Å². The minimum atomic E-state index is 0.245. The van der Waals surface area contributed by atoms with E-state index in [0.29, 0.717) is 6.61 Å². The third-order valence-electron chi connectivity index (χ3n) is 2.79. The summed E-state index contributed by atoms with van der Waals surface area (Å²) in [5.74, 6) is 1.71. The molecule has 4 heteroatoms. The fourth-order valence-corrected chi connectivity index (χ4v) is 1.86. The molecule has 0 radical (unpaired) electrons. The second-order valence-electron chi connectivity index (χ2n) is 4.13. The van der Waals surface area contributed by atoms with Crippen LogP contribution >= 0.6 is 0 Å². The quantitative estimate of drug-likeness (QED) is 0.881. The largest absolute Gasteiger partial charge is 0.494 e. The molecule has 4 nitrogen and oxygen atoms in total. The molecule has 0 aliphatic heterocycles. The number of hydrogen-bond donors (Lipinski definition) is 1. The highest BCUT2D eigenvalue weighted by Crippen LogP contribution is 2.16. The zero-order chi connectivity index (χ0) is 13.0. The Morgan fingerprint density at radius 2 is 1.94 bits per heavy atom. The molecular weight excluding hydrogens is 228 g/mol. The van der Waals surface area contributed by atoms with Crippen molar-refractivity contribution in [3.63, 3.8) is 0 Å². The molecule has 0 aliphatic carbocycles. The third kappa shape index (κ3) is 3.03. The highest BCUT2D eigenvalue weighted by molar-refractivity contribution is 5.28. The molecule has 1 heterocycles. The molecule has 0 amide bonds. The molecule has 0 atom stereocenters. The van der Waals surface area contributed by atoms with Gasteiger partial charge in [-0.15, -0.1) is 0 Å². The summed E-state index contributed by atoms with van der Waals surface area (Å²) in [5, 5.41) is 0. The van der Waals surface area contributed by atoms with E-state index in [1.807, 2.05) is 26.0 Å². The zero-order valence-corrected chi connectivity index (χ0v) is 10.8. The first-order valence-corrected chi connectivity index (χ1v) is 6.12. The van der Waals surface area contributed by atoms with E-state index in [0.717, 1.165) is 30.0 Å². The van der Waals surface area contributed by atoms with Crippen LogP contribution in [0.2, 0.25) is 0 Å². The summed E-state index contributed by atoms with van der Waals surface area (Å²) in [4.78, 5) is 4.16. The number of rotatable bonds is 5. The first kappa shape index (κ1) is 12.5. The van der Waals surface area contributed by atoms with Crippen LogP contribution in [0.15, 0.2) is 28.7 Å². The number of hydrogen-bond acceptors (Lipinski definition) is 4. The smallest absolute Gasteiger partial charge is 0.292 e. The number of nitrogen functional groups attached to an aromatic ring is 1. The van der Waals surface area contributed by atoms with Crippen molar-refractivity contribution >= 4 is 6.01 Å². The molecule has 0 unspecified atom stereocenters. The number of nitrogens with zero attached hydrogens (tertiary/aromatic N) is 1. The number of ether oxygens (including phenoxy) is 1. The normalized spacial score (nSPS) is 10.6. The minimum Gasteiger partial charge on any atom is -0.494 e. The van der Waals surface area contributed by atoms with Gasteiger partial charge in [0.15, 0.2) is 0 Å². The van der Waals surface area contributed by atoms with Gasteiger partial charge in [-0.25, -0.2) is 0 Å². The fourth-order valence-electron chi connectivity index (χ4n) is 1.86. The van der Waals surface area contributed by atoms with Crippen molar-refractivity contribution in [2.24, 2.45) is 0 Å². The van der Waals surface area contributed by atoms with E-state index in [1.54, 1.807) is 0 Å². The number of aromatic nitrogens is 1. The SMILES string of the molecule is CCOc1ccc(CCc2nc(N)oc2C)cc1. The Kier molecular flexibility index (Phi) is 3.87. The average molecular weight is 246 g/mol. The standard InChI is InChI=1S/C14H18N2O2/c1-3-17-12-7-4-11(5-8-12)6-9-13-10(2)18-14(15)16-13/h4-5,7-8H,3,6,9H2,1-2H3,(H2,15,16). The first-order valence-electron chi connectivity index (χ1n) is 6.12. The monoisotopic (exact) mass is 246 g/mol. The van der Waals surface area contributed by atoms with Crippen molar-refractivity contribution < 1.29 is 9.15 Å². The molecule has 0 bridgehead atoms. The predicted octanol–water partition coefficient (Wildman–Crippen LogP) is 2.75. The highest BCUT2D eigenvalue weighted by Gasteiger charge is 2.07. The average Bonchev–Trinajstić information content (AvgIpc) is 2.67. The van der Waals surface area contributed by atoms with Gasteiger partial charge in [0.05, 0.1) is 12.3 Å². The van der Waals surface area contributed by atoms with Crippen molar-refractivity contribution in [3.8, 4) is 5.75 Å². The maximum atomic E-state index is 5.51. The van der Waals surface area contributed by atoms with E-state index >= 15 is 0 Å². The van der Waals surface area contributed by atoms with Crippen LogP contribution < -0.4 is 10.5 Å². The van der Waals surface area contributed by atoms with Crippen LogP contribution in [0.1, 0.15) is 23.9 Å². The van der Waals surface area contributed by atoms with E-state index in [1.165, 1.54) is 5.56 Å². The van der Waals surface area contributed by atoms with Gasteiger partial charge in [-0.3, -0.25) is 0 Å². The summed E-state index contributed by atoms with van der Waals surface area (Å²) in [6, 6.07) is 8.37. The van der Waals surface area contributed by atoms with Gasteiger partial charge in [-0.1, -0.05) is 12.1 Å². The summed E-state index contributed by atoms with van der Waals surface area (Å²) in [7, 11) is 0. The lowest BCUT2D eigenvalue weighted by molar-refractivity contribution is 0.340. The lowest BCUT2D eigenvalue weighted by Crippen LogP contribution is -1.95. The van der Waals surface area contributed by atoms with Crippen LogP contribution in [0.5, 0.6) is 5.75 Å². The maximum Gasteiger partial charge on any atom is 0.292 e. The fraction of sp³-hybridized carbons (Fsp3) is 0.357. The molecule has 0 saturated heterocycles. The Hall–Kier alpha value is -1.97. The molecule has 2 aromatic rings. The van der Waals surface area contributed by atoms with Gasteiger partial charge < -0.3 is 14.9 Å². The Bertz CT molecular complexity index is 503. The maximum absolute atomic E-state index is 5.51. The Morgan fingerprint density at radius 1 is 1.22 bits per heavy atom. The lowest BCUT2D eigenvalue weighted by Gasteiger charge is -2.04. The van der Waals surface area contributed by atoms with Crippen molar-refractivity contribution in [1.29, 1.82) is 0 Å². The van der Waals surface area contributed by atoms with Crippen molar-refractivity contribution in [3.05, 3.63) is 41.3 Å². The Balaban J connectivity index is 1.95. The summed E-state index contributed by atoms with van der Waals surface area (Å²) < 4.78 is 10.6. The molecule has 0 fully saturated rings. The summed E-state index contributed by atoms with van der Waals surface area (Å²) in [6.45, 7) is 4.55. The number of aryl methyl sites for hydroxylation is 3. The third-order valence-corrected chi connectivity index (χ3v) is 2.79. The number of nitrogens with two attached hydrogens (primary N) is 1. The second kappa shape index (κ2) is 5.58. The van der Waals surface area contributed by atoms with E-state index in [2.05, 4.69) is 17.1 Å². The van der Waals surface area contributed by atoms with Gasteiger partial charge in [0.1, 0.15) is 11.5 Å². The van der Waals surface area contributed by atoms with Gasteiger partial charge in [0.2, 0.25) is 0 Å². The van der Waals surface area contributed by atoms with Gasteiger partial charge in [0.25, 0.3) is 6.01 Å². The molecular formula is C14H18N2O2. The van der Waals surface area contributed by atoms with E-state index in [9.17, 15) is 0 Å². The number of anilines is 1. The van der Waals surface area contributed by atoms with Crippen LogP contribution in [-0.2, 0) is 12.8 Å². The molecule has 1 aromatic carbocycles. The summed E-state index contributed by atoms with van der Waals surface area (Å²) in [6.07, 6.45) is 1.75. The molecule has 2 N–H and O–H groups in total. The molecule has 18 heavy (non-hydrogen) atoms. The molecule has 0 spiro atoms. The van der Waals surface area contributed by atoms with E-state index in [4.69, 9.17) is 14.9 Å². The highest BCUT2D eigenvalue weighted by atomic mass is 16.5. The molecule has 1 aromatic heterocycles. The first-order chi connectivity index (χ1) is 8.69. The van der Waals surface area contributed by atoms with E-state index in [-0.39, 0.29) is 6.01 Å².